The number of fused-ring (bicyclic) bond motifs is 1. The molecule has 19 heavy (non-hydrogen) atoms. The second-order valence-corrected chi connectivity index (χ2v) is 5.20. The molecule has 1 aromatic heterocycles. The number of carbonyl (C=O) groups excluding carboxylic acids is 1. The Hall–Kier alpha value is -1.33. The van der Waals surface area contributed by atoms with Crippen LogP contribution in [0.25, 0.3) is 0 Å². The quantitative estimate of drug-likeness (QED) is 0.864. The van der Waals surface area contributed by atoms with Crippen LogP contribution in [0.1, 0.15) is 25.6 Å². The van der Waals surface area contributed by atoms with Crippen molar-refractivity contribution < 1.29 is 9.53 Å². The first-order valence-electron chi connectivity index (χ1n) is 6.79. The van der Waals surface area contributed by atoms with Crippen molar-refractivity contribution in [2.45, 2.75) is 32.5 Å². The minimum absolute atomic E-state index is 0.0569. The fourth-order valence-corrected chi connectivity index (χ4v) is 2.64. The van der Waals surface area contributed by atoms with Gasteiger partial charge < -0.3 is 14.6 Å². The van der Waals surface area contributed by atoms with Gasteiger partial charge in [0.05, 0.1) is 13.2 Å². The average Bonchev–Trinajstić information content (AvgIpc) is 2.82. The van der Waals surface area contributed by atoms with Gasteiger partial charge in [-0.2, -0.15) is 0 Å². The van der Waals surface area contributed by atoms with Crippen LogP contribution in [0.5, 0.6) is 0 Å². The van der Waals surface area contributed by atoms with Gasteiger partial charge in [-0.3, -0.25) is 9.69 Å². The van der Waals surface area contributed by atoms with E-state index in [9.17, 15) is 4.79 Å². The van der Waals surface area contributed by atoms with Gasteiger partial charge in [0, 0.05) is 44.2 Å². The lowest BCUT2D eigenvalue weighted by atomic mass is 10.1. The molecular weight excluding hydrogens is 242 g/mol. The highest BCUT2D eigenvalue weighted by atomic mass is 16.5. The maximum atomic E-state index is 12.0. The Morgan fingerprint density at radius 1 is 1.58 bits per heavy atom. The van der Waals surface area contributed by atoms with Crippen molar-refractivity contribution in [2.24, 2.45) is 0 Å². The van der Waals surface area contributed by atoms with Crippen LogP contribution in [-0.2, 0) is 16.1 Å². The molecule has 0 radical (unpaired) electrons. The standard InChI is InChI=1S/C14H23N3O2/c1-11(10-19-3)15-14(18)9-17-8-7-16-6-4-5-13(16)12(17)2/h4-6,11-12H,7-10H2,1-3H3,(H,15,18)/t11-,12-/m1/s1. The Morgan fingerprint density at radius 2 is 2.37 bits per heavy atom. The maximum absolute atomic E-state index is 12.0. The Morgan fingerprint density at radius 3 is 3.11 bits per heavy atom. The van der Waals surface area contributed by atoms with E-state index >= 15 is 0 Å². The van der Waals surface area contributed by atoms with E-state index in [1.54, 1.807) is 7.11 Å². The third kappa shape index (κ3) is 3.36. The summed E-state index contributed by atoms with van der Waals surface area (Å²) < 4.78 is 7.28. The summed E-state index contributed by atoms with van der Waals surface area (Å²) in [5.41, 5.74) is 1.28. The lowest BCUT2D eigenvalue weighted by Gasteiger charge is -2.34. The number of nitrogens with zero attached hydrogens (tertiary/aromatic N) is 2. The third-order valence-electron chi connectivity index (χ3n) is 3.64. The molecule has 0 fully saturated rings. The number of hydrogen-bond acceptors (Lipinski definition) is 3. The van der Waals surface area contributed by atoms with E-state index in [1.807, 2.05) is 6.92 Å². The minimum Gasteiger partial charge on any atom is -0.383 e. The number of aromatic nitrogens is 1. The molecule has 1 aromatic rings. The van der Waals surface area contributed by atoms with E-state index < -0.39 is 0 Å². The molecule has 0 aromatic carbocycles. The summed E-state index contributed by atoms with van der Waals surface area (Å²) in [6.07, 6.45) is 2.10. The molecule has 1 aliphatic rings. The zero-order valence-electron chi connectivity index (χ0n) is 11.9. The highest BCUT2D eigenvalue weighted by Gasteiger charge is 2.25. The molecule has 5 nitrogen and oxygen atoms in total. The van der Waals surface area contributed by atoms with Crippen molar-refractivity contribution in [3.63, 3.8) is 0 Å². The van der Waals surface area contributed by atoms with Gasteiger partial charge in [-0.25, -0.2) is 0 Å². The summed E-state index contributed by atoms with van der Waals surface area (Å²) in [6.45, 7) is 6.95. The van der Waals surface area contributed by atoms with E-state index in [1.165, 1.54) is 5.69 Å². The number of carbonyl (C=O) groups is 1. The van der Waals surface area contributed by atoms with Crippen molar-refractivity contribution in [3.8, 4) is 0 Å². The Labute approximate surface area is 114 Å². The predicted octanol–water partition coefficient (Wildman–Crippen LogP) is 1.02. The second-order valence-electron chi connectivity index (χ2n) is 5.20. The molecule has 2 heterocycles. The lowest BCUT2D eigenvalue weighted by molar-refractivity contribution is -0.124. The number of hydrogen-bond donors (Lipinski definition) is 1. The Bertz CT molecular complexity index is 430. The van der Waals surface area contributed by atoms with Crippen molar-refractivity contribution in [1.29, 1.82) is 0 Å². The topological polar surface area (TPSA) is 46.5 Å². The molecule has 0 saturated carbocycles. The predicted molar refractivity (Wildman–Crippen MR) is 73.9 cm³/mol. The Balaban J connectivity index is 1.88. The van der Waals surface area contributed by atoms with E-state index in [0.29, 0.717) is 13.2 Å². The van der Waals surface area contributed by atoms with Gasteiger partial charge in [-0.15, -0.1) is 0 Å². The summed E-state index contributed by atoms with van der Waals surface area (Å²) in [5, 5.41) is 2.95. The molecular formula is C14H23N3O2. The van der Waals surface area contributed by atoms with E-state index in [0.717, 1.165) is 13.1 Å². The van der Waals surface area contributed by atoms with Gasteiger partial charge in [0.15, 0.2) is 0 Å². The van der Waals surface area contributed by atoms with E-state index in [-0.39, 0.29) is 18.0 Å². The average molecular weight is 265 g/mol. The van der Waals surface area contributed by atoms with Gasteiger partial charge >= 0.3 is 0 Å². The number of amides is 1. The minimum atomic E-state index is 0.0569. The maximum Gasteiger partial charge on any atom is 0.234 e. The van der Waals surface area contributed by atoms with Crippen LogP contribution in [0.4, 0.5) is 0 Å². The fourth-order valence-electron chi connectivity index (χ4n) is 2.64. The zero-order valence-corrected chi connectivity index (χ0v) is 11.9. The fraction of sp³-hybridized carbons (Fsp3) is 0.643. The monoisotopic (exact) mass is 265 g/mol. The zero-order chi connectivity index (χ0) is 13.8. The van der Waals surface area contributed by atoms with Crippen molar-refractivity contribution in [3.05, 3.63) is 24.0 Å². The summed E-state index contributed by atoms with van der Waals surface area (Å²) in [7, 11) is 1.64. The van der Waals surface area contributed by atoms with Gasteiger partial charge in [0.1, 0.15) is 0 Å². The summed E-state index contributed by atoms with van der Waals surface area (Å²) in [6, 6.07) is 4.53. The summed E-state index contributed by atoms with van der Waals surface area (Å²) in [5.74, 6) is 0.0661. The van der Waals surface area contributed by atoms with Crippen molar-refractivity contribution in [2.75, 3.05) is 26.8 Å². The van der Waals surface area contributed by atoms with Crippen LogP contribution in [-0.4, -0.2) is 48.2 Å². The van der Waals surface area contributed by atoms with Gasteiger partial charge in [0.25, 0.3) is 0 Å². The Kier molecular flexibility index (Phi) is 4.61. The van der Waals surface area contributed by atoms with E-state index in [4.69, 9.17) is 4.74 Å². The van der Waals surface area contributed by atoms with Crippen molar-refractivity contribution in [1.82, 2.24) is 14.8 Å². The molecule has 0 bridgehead atoms. The molecule has 2 atom stereocenters. The molecule has 5 heteroatoms. The number of methoxy groups -OCH3 is 1. The van der Waals surface area contributed by atoms with Crippen LogP contribution in [0.2, 0.25) is 0 Å². The summed E-state index contributed by atoms with van der Waals surface area (Å²) >= 11 is 0. The third-order valence-corrected chi connectivity index (χ3v) is 3.64. The smallest absolute Gasteiger partial charge is 0.234 e. The summed E-state index contributed by atoms with van der Waals surface area (Å²) in [4.78, 5) is 14.2. The number of nitrogens with one attached hydrogen (secondary N) is 1. The number of ether oxygens (including phenoxy) is 1. The first-order valence-corrected chi connectivity index (χ1v) is 6.79. The van der Waals surface area contributed by atoms with Crippen LogP contribution in [0, 0.1) is 0 Å². The molecule has 2 rings (SSSR count). The highest BCUT2D eigenvalue weighted by Crippen LogP contribution is 2.24. The SMILES string of the molecule is COC[C@@H](C)NC(=O)CN1CCn2cccc2[C@H]1C. The molecule has 106 valence electrons. The molecule has 0 saturated heterocycles. The van der Waals surface area contributed by atoms with Crippen molar-refractivity contribution >= 4 is 5.91 Å². The largest absolute Gasteiger partial charge is 0.383 e. The molecule has 0 aliphatic carbocycles. The molecule has 1 amide bonds. The van der Waals surface area contributed by atoms with Gasteiger partial charge in [-0.1, -0.05) is 0 Å². The highest BCUT2D eigenvalue weighted by molar-refractivity contribution is 5.78. The normalized spacial score (nSPS) is 20.9. The van der Waals surface area contributed by atoms with Crippen LogP contribution < -0.4 is 5.32 Å². The molecule has 1 N–H and O–H groups in total. The van der Waals surface area contributed by atoms with E-state index in [2.05, 4.69) is 40.0 Å². The lowest BCUT2D eigenvalue weighted by Crippen LogP contribution is -2.45. The first-order chi connectivity index (χ1) is 9.11. The van der Waals surface area contributed by atoms with Crippen LogP contribution in [0.3, 0.4) is 0 Å². The second kappa shape index (κ2) is 6.21. The van der Waals surface area contributed by atoms with Crippen LogP contribution in [0.15, 0.2) is 18.3 Å². The van der Waals surface area contributed by atoms with Crippen LogP contribution >= 0.6 is 0 Å². The number of rotatable bonds is 5. The van der Waals surface area contributed by atoms with Gasteiger partial charge in [0.2, 0.25) is 5.91 Å². The molecule has 0 spiro atoms. The molecule has 0 unspecified atom stereocenters. The van der Waals surface area contributed by atoms with Gasteiger partial charge in [-0.05, 0) is 26.0 Å². The first kappa shape index (κ1) is 14.1. The molecule has 1 aliphatic heterocycles.